The number of hydrogen-bond donors (Lipinski definition) is 0. The van der Waals surface area contributed by atoms with E-state index in [0.717, 1.165) is 10.9 Å². The van der Waals surface area contributed by atoms with Crippen LogP contribution < -0.4 is 4.90 Å². The van der Waals surface area contributed by atoms with Crippen LogP contribution in [0.5, 0.6) is 0 Å². The molecule has 0 bridgehead atoms. The molecule has 1 aromatic carbocycles. The molecule has 88 valence electrons. The van der Waals surface area contributed by atoms with E-state index in [1.54, 1.807) is 4.90 Å². The molecule has 0 saturated carbocycles. The summed E-state index contributed by atoms with van der Waals surface area (Å²) in [7, 11) is 0. The quantitative estimate of drug-likeness (QED) is 0.781. The maximum absolute atomic E-state index is 11.6. The zero-order chi connectivity index (χ0) is 11.8. The Hall–Kier alpha value is -1.20. The molecule has 6 heteroatoms. The molecule has 0 N–H and O–H groups in total. The molecular weight excluding hydrogens is 258 g/mol. The van der Waals surface area contributed by atoms with Gasteiger partial charge in [0.25, 0.3) is 0 Å². The largest absolute Gasteiger partial charge is 0.334 e. The second kappa shape index (κ2) is 4.23. The Balaban J connectivity index is 1.86. The predicted octanol–water partition coefficient (Wildman–Crippen LogP) is 2.01. The van der Waals surface area contributed by atoms with Crippen molar-refractivity contribution in [2.75, 3.05) is 24.0 Å². The lowest BCUT2D eigenvalue weighted by Gasteiger charge is -2.32. The Morgan fingerprint density at radius 3 is 3.12 bits per heavy atom. The summed E-state index contributed by atoms with van der Waals surface area (Å²) in [6, 6.07) is 7.59. The van der Waals surface area contributed by atoms with Gasteiger partial charge in [0.15, 0.2) is 5.17 Å². The number of amidine groups is 1. The Labute approximate surface area is 108 Å². The predicted molar refractivity (Wildman–Crippen MR) is 70.4 cm³/mol. The van der Waals surface area contributed by atoms with Crippen LogP contribution in [0.25, 0.3) is 0 Å². The number of fused-ring (bicyclic) bond motifs is 1. The fraction of sp³-hybridized carbons (Fsp3) is 0.273. The fourth-order valence-electron chi connectivity index (χ4n) is 1.86. The normalized spacial score (nSPS) is 19.4. The topological polar surface area (TPSA) is 35.9 Å². The van der Waals surface area contributed by atoms with Crippen molar-refractivity contribution in [2.24, 2.45) is 4.99 Å². The fourth-order valence-corrected chi connectivity index (χ4v) is 2.91. The first-order valence-electron chi connectivity index (χ1n) is 5.22. The van der Waals surface area contributed by atoms with Gasteiger partial charge in [-0.05, 0) is 18.2 Å². The molecule has 0 radical (unpaired) electrons. The number of amides is 1. The van der Waals surface area contributed by atoms with Crippen molar-refractivity contribution in [3.8, 4) is 0 Å². The van der Waals surface area contributed by atoms with Crippen molar-refractivity contribution < 1.29 is 4.79 Å². The Morgan fingerprint density at radius 2 is 2.29 bits per heavy atom. The number of carbonyl (C=O) groups excluding carboxylic acids is 1. The SMILES string of the molecule is O=C1CSC2=NCN(c3cccc(Cl)c3)CN12. The lowest BCUT2D eigenvalue weighted by atomic mass is 10.3. The van der Waals surface area contributed by atoms with Crippen LogP contribution in [-0.2, 0) is 4.79 Å². The highest BCUT2D eigenvalue weighted by atomic mass is 35.5. The van der Waals surface area contributed by atoms with Crippen molar-refractivity contribution in [1.82, 2.24) is 4.90 Å². The van der Waals surface area contributed by atoms with E-state index in [0.29, 0.717) is 24.1 Å². The summed E-state index contributed by atoms with van der Waals surface area (Å²) in [5, 5.41) is 1.53. The Bertz CT molecular complexity index is 505. The number of anilines is 1. The Kier molecular flexibility index (Phi) is 2.72. The molecule has 0 unspecified atom stereocenters. The summed E-state index contributed by atoms with van der Waals surface area (Å²) in [4.78, 5) is 19.8. The monoisotopic (exact) mass is 267 g/mol. The smallest absolute Gasteiger partial charge is 0.240 e. The number of hydrogen-bond acceptors (Lipinski definition) is 4. The molecule has 0 spiro atoms. The van der Waals surface area contributed by atoms with Crippen molar-refractivity contribution in [3.05, 3.63) is 29.3 Å². The van der Waals surface area contributed by atoms with Gasteiger partial charge < -0.3 is 4.90 Å². The molecule has 1 saturated heterocycles. The molecule has 1 amide bonds. The van der Waals surface area contributed by atoms with Crippen LogP contribution in [0.3, 0.4) is 0 Å². The third-order valence-corrected chi connectivity index (χ3v) is 3.95. The first kappa shape index (κ1) is 10.9. The molecule has 0 aromatic heterocycles. The lowest BCUT2D eigenvalue weighted by molar-refractivity contribution is -0.124. The van der Waals surface area contributed by atoms with Gasteiger partial charge in [0.05, 0.1) is 5.75 Å². The number of aliphatic imine (C=N–C) groups is 1. The molecule has 1 fully saturated rings. The van der Waals surface area contributed by atoms with Crippen molar-refractivity contribution >= 4 is 40.1 Å². The van der Waals surface area contributed by atoms with Crippen LogP contribution in [0, 0.1) is 0 Å². The number of benzene rings is 1. The van der Waals surface area contributed by atoms with E-state index < -0.39 is 0 Å². The maximum atomic E-state index is 11.6. The summed E-state index contributed by atoms with van der Waals surface area (Å²) in [6.45, 7) is 1.14. The summed E-state index contributed by atoms with van der Waals surface area (Å²) in [5.41, 5.74) is 0.991. The summed E-state index contributed by atoms with van der Waals surface area (Å²) < 4.78 is 0. The van der Waals surface area contributed by atoms with E-state index in [-0.39, 0.29) is 5.91 Å². The minimum absolute atomic E-state index is 0.125. The van der Waals surface area contributed by atoms with Crippen LogP contribution in [-0.4, -0.2) is 35.1 Å². The standard InChI is InChI=1S/C11H10ClN3OS/c12-8-2-1-3-9(4-8)14-6-13-11-15(7-14)10(16)5-17-11/h1-4H,5-7H2. The second-order valence-corrected chi connectivity index (χ2v) is 5.23. The number of nitrogens with zero attached hydrogens (tertiary/aromatic N) is 3. The first-order chi connectivity index (χ1) is 8.24. The van der Waals surface area contributed by atoms with Crippen LogP contribution in [0.2, 0.25) is 5.02 Å². The highest BCUT2D eigenvalue weighted by Gasteiger charge is 2.32. The van der Waals surface area contributed by atoms with Gasteiger partial charge in [-0.3, -0.25) is 9.69 Å². The van der Waals surface area contributed by atoms with Crippen LogP contribution in [0.1, 0.15) is 0 Å². The number of thioether (sulfide) groups is 1. The number of halogens is 1. The minimum atomic E-state index is 0.125. The van der Waals surface area contributed by atoms with Crippen LogP contribution in [0.15, 0.2) is 29.3 Å². The molecular formula is C11H10ClN3OS. The zero-order valence-corrected chi connectivity index (χ0v) is 10.5. The van der Waals surface area contributed by atoms with Crippen molar-refractivity contribution in [3.63, 3.8) is 0 Å². The van der Waals surface area contributed by atoms with Gasteiger partial charge in [-0.15, -0.1) is 0 Å². The van der Waals surface area contributed by atoms with Crippen molar-refractivity contribution in [1.29, 1.82) is 0 Å². The Morgan fingerprint density at radius 1 is 1.41 bits per heavy atom. The van der Waals surface area contributed by atoms with Crippen LogP contribution in [0.4, 0.5) is 5.69 Å². The molecule has 17 heavy (non-hydrogen) atoms. The number of carbonyl (C=O) groups is 1. The van der Waals surface area contributed by atoms with Gasteiger partial charge in [0.2, 0.25) is 5.91 Å². The van der Waals surface area contributed by atoms with E-state index in [9.17, 15) is 4.79 Å². The molecule has 2 heterocycles. The lowest BCUT2D eigenvalue weighted by Crippen LogP contribution is -2.45. The van der Waals surface area contributed by atoms with E-state index >= 15 is 0 Å². The van der Waals surface area contributed by atoms with E-state index in [1.165, 1.54) is 11.8 Å². The molecule has 0 atom stereocenters. The minimum Gasteiger partial charge on any atom is -0.334 e. The van der Waals surface area contributed by atoms with Gasteiger partial charge >= 0.3 is 0 Å². The summed E-state index contributed by atoms with van der Waals surface area (Å²) in [6.07, 6.45) is 0. The van der Waals surface area contributed by atoms with Gasteiger partial charge in [-0.2, -0.15) is 0 Å². The molecule has 4 nitrogen and oxygen atoms in total. The molecule has 2 aliphatic heterocycles. The number of rotatable bonds is 1. The third-order valence-electron chi connectivity index (χ3n) is 2.72. The van der Waals surface area contributed by atoms with Crippen LogP contribution >= 0.6 is 23.4 Å². The van der Waals surface area contributed by atoms with E-state index in [4.69, 9.17) is 11.6 Å². The van der Waals surface area contributed by atoms with Crippen molar-refractivity contribution in [2.45, 2.75) is 0 Å². The average molecular weight is 268 g/mol. The third kappa shape index (κ3) is 2.00. The highest BCUT2D eigenvalue weighted by molar-refractivity contribution is 8.15. The average Bonchev–Trinajstić information content (AvgIpc) is 2.71. The molecule has 2 aliphatic rings. The van der Waals surface area contributed by atoms with Gasteiger partial charge in [-0.1, -0.05) is 29.4 Å². The highest BCUT2D eigenvalue weighted by Crippen LogP contribution is 2.26. The van der Waals surface area contributed by atoms with Gasteiger partial charge in [0.1, 0.15) is 13.3 Å². The second-order valence-electron chi connectivity index (χ2n) is 3.85. The maximum Gasteiger partial charge on any atom is 0.240 e. The van der Waals surface area contributed by atoms with Gasteiger partial charge in [0, 0.05) is 10.7 Å². The molecule has 0 aliphatic carbocycles. The van der Waals surface area contributed by atoms with E-state index in [1.807, 2.05) is 29.2 Å². The summed E-state index contributed by atoms with van der Waals surface area (Å²) >= 11 is 7.47. The van der Waals surface area contributed by atoms with E-state index in [2.05, 4.69) is 4.99 Å². The summed E-state index contributed by atoms with van der Waals surface area (Å²) in [5.74, 6) is 0.628. The van der Waals surface area contributed by atoms with Gasteiger partial charge in [-0.25, -0.2) is 4.99 Å². The molecule has 1 aromatic rings. The molecule has 3 rings (SSSR count). The zero-order valence-electron chi connectivity index (χ0n) is 8.97. The first-order valence-corrected chi connectivity index (χ1v) is 6.58.